The third-order valence-corrected chi connectivity index (χ3v) is 6.72. The van der Waals surface area contributed by atoms with Crippen molar-refractivity contribution in [1.29, 1.82) is 0 Å². The van der Waals surface area contributed by atoms with Gasteiger partial charge in [0, 0.05) is 30.0 Å². The summed E-state index contributed by atoms with van der Waals surface area (Å²) in [7, 11) is -3.49. The van der Waals surface area contributed by atoms with E-state index >= 15 is 0 Å². The second-order valence-corrected chi connectivity index (χ2v) is 11.1. The van der Waals surface area contributed by atoms with Crippen LogP contribution < -0.4 is 9.62 Å². The zero-order valence-electron chi connectivity index (χ0n) is 19.5. The first-order valence-electron chi connectivity index (χ1n) is 10.9. The molecule has 7 nitrogen and oxygen atoms in total. The Labute approximate surface area is 205 Å². The number of para-hydroxylation sites is 1. The third-order valence-electron chi connectivity index (χ3n) is 5.04. The molecule has 2 aromatic rings. The van der Waals surface area contributed by atoms with Crippen LogP contribution in [0.4, 0.5) is 5.69 Å². The maximum atomic E-state index is 13.2. The van der Waals surface area contributed by atoms with Crippen LogP contribution >= 0.6 is 15.9 Å². The standard InChI is InChI=1S/C24H32BrN3O4S/c1-18(2)26-24(30)19(3)27(17-20-10-8-11-21(25)16-20)23(29)14-9-15-28(33(4,31)32)22-12-6-5-7-13-22/h5-8,10-13,16,18-19H,9,14-15,17H2,1-4H3,(H,26,30)/t19-/m1/s1. The van der Waals surface area contributed by atoms with E-state index in [2.05, 4.69) is 21.2 Å². The molecule has 0 fully saturated rings. The van der Waals surface area contributed by atoms with Gasteiger partial charge in [-0.3, -0.25) is 13.9 Å². The molecule has 0 radical (unpaired) electrons. The predicted octanol–water partition coefficient (Wildman–Crippen LogP) is 3.94. The molecular weight excluding hydrogens is 506 g/mol. The molecular formula is C24H32BrN3O4S. The summed E-state index contributed by atoms with van der Waals surface area (Å²) in [6.45, 7) is 5.90. The van der Waals surface area contributed by atoms with Crippen molar-refractivity contribution in [1.82, 2.24) is 10.2 Å². The smallest absolute Gasteiger partial charge is 0.242 e. The average Bonchev–Trinajstić information content (AvgIpc) is 2.73. The molecule has 0 aliphatic heterocycles. The van der Waals surface area contributed by atoms with E-state index in [1.165, 1.54) is 4.31 Å². The van der Waals surface area contributed by atoms with Crippen molar-refractivity contribution in [2.24, 2.45) is 0 Å². The van der Waals surface area contributed by atoms with Gasteiger partial charge < -0.3 is 10.2 Å². The molecule has 0 aliphatic carbocycles. The number of sulfonamides is 1. The van der Waals surface area contributed by atoms with Gasteiger partial charge in [-0.05, 0) is 57.0 Å². The lowest BCUT2D eigenvalue weighted by Crippen LogP contribution is -2.49. The Hall–Kier alpha value is -2.39. The summed E-state index contributed by atoms with van der Waals surface area (Å²) >= 11 is 3.44. The van der Waals surface area contributed by atoms with Crippen molar-refractivity contribution >= 4 is 43.5 Å². The Balaban J connectivity index is 2.15. The van der Waals surface area contributed by atoms with E-state index < -0.39 is 16.1 Å². The number of amides is 2. The van der Waals surface area contributed by atoms with Gasteiger partial charge in [-0.1, -0.05) is 46.3 Å². The van der Waals surface area contributed by atoms with Gasteiger partial charge in [-0.25, -0.2) is 8.42 Å². The van der Waals surface area contributed by atoms with E-state index in [9.17, 15) is 18.0 Å². The number of hydrogen-bond acceptors (Lipinski definition) is 4. The van der Waals surface area contributed by atoms with Crippen molar-refractivity contribution in [3.05, 3.63) is 64.6 Å². The van der Waals surface area contributed by atoms with E-state index in [4.69, 9.17) is 0 Å². The predicted molar refractivity (Wildman–Crippen MR) is 135 cm³/mol. The molecule has 0 aliphatic rings. The van der Waals surface area contributed by atoms with Gasteiger partial charge in [0.1, 0.15) is 6.04 Å². The Kier molecular flexibility index (Phi) is 9.91. The molecule has 1 N–H and O–H groups in total. The van der Waals surface area contributed by atoms with Crippen LogP contribution in [-0.2, 0) is 26.2 Å². The van der Waals surface area contributed by atoms with Crippen LogP contribution in [0.2, 0.25) is 0 Å². The minimum atomic E-state index is -3.49. The van der Waals surface area contributed by atoms with Gasteiger partial charge in [0.2, 0.25) is 21.8 Å². The molecule has 0 heterocycles. The molecule has 0 unspecified atom stereocenters. The van der Waals surface area contributed by atoms with Crippen molar-refractivity contribution in [2.45, 2.75) is 52.2 Å². The number of rotatable bonds is 11. The van der Waals surface area contributed by atoms with Gasteiger partial charge in [0.05, 0.1) is 11.9 Å². The molecule has 2 amide bonds. The number of nitrogens with zero attached hydrogens (tertiary/aromatic N) is 2. The molecule has 180 valence electrons. The first-order valence-corrected chi connectivity index (χ1v) is 13.5. The van der Waals surface area contributed by atoms with Crippen molar-refractivity contribution in [3.63, 3.8) is 0 Å². The van der Waals surface area contributed by atoms with Crippen LogP contribution in [0.15, 0.2) is 59.1 Å². The molecule has 9 heteroatoms. The lowest BCUT2D eigenvalue weighted by Gasteiger charge is -2.30. The number of benzene rings is 2. The van der Waals surface area contributed by atoms with Gasteiger partial charge >= 0.3 is 0 Å². The quantitative estimate of drug-likeness (QED) is 0.470. The molecule has 33 heavy (non-hydrogen) atoms. The number of carbonyl (C=O) groups excluding carboxylic acids is 2. The summed E-state index contributed by atoms with van der Waals surface area (Å²) in [5.41, 5.74) is 1.45. The van der Waals surface area contributed by atoms with Gasteiger partial charge in [0.25, 0.3) is 0 Å². The lowest BCUT2D eigenvalue weighted by molar-refractivity contribution is -0.140. The minimum absolute atomic E-state index is 0.0445. The third kappa shape index (κ3) is 8.47. The fraction of sp³-hybridized carbons (Fsp3) is 0.417. The van der Waals surface area contributed by atoms with E-state index in [-0.39, 0.29) is 37.4 Å². The molecule has 1 atom stereocenters. The van der Waals surface area contributed by atoms with E-state index in [1.54, 1.807) is 36.1 Å². The fourth-order valence-electron chi connectivity index (χ4n) is 3.42. The van der Waals surface area contributed by atoms with Gasteiger partial charge in [0.15, 0.2) is 0 Å². The highest BCUT2D eigenvalue weighted by atomic mass is 79.9. The highest BCUT2D eigenvalue weighted by molar-refractivity contribution is 9.10. The minimum Gasteiger partial charge on any atom is -0.352 e. The Morgan fingerprint density at radius 1 is 1.03 bits per heavy atom. The number of anilines is 1. The van der Waals surface area contributed by atoms with Crippen molar-refractivity contribution in [2.75, 3.05) is 17.1 Å². The monoisotopic (exact) mass is 537 g/mol. The Morgan fingerprint density at radius 2 is 1.70 bits per heavy atom. The number of carbonyl (C=O) groups is 2. The topological polar surface area (TPSA) is 86.8 Å². The number of hydrogen-bond donors (Lipinski definition) is 1. The first kappa shape index (κ1) is 26.9. The summed E-state index contributed by atoms with van der Waals surface area (Å²) < 4.78 is 26.8. The lowest BCUT2D eigenvalue weighted by atomic mass is 10.1. The van der Waals surface area contributed by atoms with Gasteiger partial charge in [-0.15, -0.1) is 0 Å². The average molecular weight is 539 g/mol. The molecule has 2 rings (SSSR count). The second kappa shape index (κ2) is 12.2. The molecule has 0 bridgehead atoms. The summed E-state index contributed by atoms with van der Waals surface area (Å²) in [6, 6.07) is 15.7. The summed E-state index contributed by atoms with van der Waals surface area (Å²) in [6.07, 6.45) is 1.60. The molecule has 0 aromatic heterocycles. The van der Waals surface area contributed by atoms with E-state index in [1.807, 2.05) is 44.2 Å². The largest absolute Gasteiger partial charge is 0.352 e. The van der Waals surface area contributed by atoms with Crippen LogP contribution in [-0.4, -0.2) is 50.0 Å². The van der Waals surface area contributed by atoms with E-state index in [0.29, 0.717) is 12.1 Å². The van der Waals surface area contributed by atoms with Gasteiger partial charge in [-0.2, -0.15) is 0 Å². The van der Waals surface area contributed by atoms with Crippen LogP contribution in [0.25, 0.3) is 0 Å². The normalized spacial score (nSPS) is 12.3. The van der Waals surface area contributed by atoms with E-state index in [0.717, 1.165) is 16.3 Å². The molecule has 0 saturated heterocycles. The zero-order valence-corrected chi connectivity index (χ0v) is 21.9. The first-order chi connectivity index (χ1) is 15.5. The zero-order chi connectivity index (χ0) is 24.6. The summed E-state index contributed by atoms with van der Waals surface area (Å²) in [4.78, 5) is 27.4. The fourth-order valence-corrected chi connectivity index (χ4v) is 4.83. The summed E-state index contributed by atoms with van der Waals surface area (Å²) in [5, 5.41) is 2.86. The molecule has 0 spiro atoms. The second-order valence-electron chi connectivity index (χ2n) is 8.27. The Bertz CT molecular complexity index is 1040. The summed E-state index contributed by atoms with van der Waals surface area (Å²) in [5.74, 6) is -0.432. The highest BCUT2D eigenvalue weighted by Crippen LogP contribution is 2.19. The van der Waals surface area contributed by atoms with Crippen LogP contribution in [0.1, 0.15) is 39.2 Å². The van der Waals surface area contributed by atoms with Crippen LogP contribution in [0.5, 0.6) is 0 Å². The Morgan fingerprint density at radius 3 is 2.27 bits per heavy atom. The van der Waals surface area contributed by atoms with Crippen LogP contribution in [0.3, 0.4) is 0 Å². The van der Waals surface area contributed by atoms with Crippen LogP contribution in [0, 0.1) is 0 Å². The SMILES string of the molecule is CC(C)NC(=O)[C@@H](C)N(Cc1cccc(Br)c1)C(=O)CCCN(c1ccccc1)S(C)(=O)=O. The molecule has 2 aromatic carbocycles. The molecule has 0 saturated carbocycles. The maximum Gasteiger partial charge on any atom is 0.242 e. The van der Waals surface area contributed by atoms with Crippen molar-refractivity contribution < 1.29 is 18.0 Å². The van der Waals surface area contributed by atoms with Crippen molar-refractivity contribution in [3.8, 4) is 0 Å². The maximum absolute atomic E-state index is 13.2. The number of nitrogens with one attached hydrogen (secondary N) is 1. The highest BCUT2D eigenvalue weighted by Gasteiger charge is 2.27. The number of halogens is 1.